The molecule has 0 radical (unpaired) electrons. The molecule has 0 aliphatic heterocycles. The van der Waals surface area contributed by atoms with Gasteiger partial charge in [0, 0.05) is 25.0 Å². The van der Waals surface area contributed by atoms with E-state index in [-0.39, 0.29) is 19.1 Å². The summed E-state index contributed by atoms with van der Waals surface area (Å²) in [5, 5.41) is 12.5. The Labute approximate surface area is 114 Å². The lowest BCUT2D eigenvalue weighted by Gasteiger charge is -2.17. The maximum atomic E-state index is 11.5. The fourth-order valence-electron chi connectivity index (χ4n) is 1.47. The van der Waals surface area contributed by atoms with Gasteiger partial charge in [-0.2, -0.15) is 0 Å². The first-order chi connectivity index (χ1) is 9.22. The van der Waals surface area contributed by atoms with Crippen LogP contribution < -0.4 is 10.4 Å². The molecule has 100 valence electrons. The van der Waals surface area contributed by atoms with Crippen molar-refractivity contribution in [2.45, 2.75) is 6.92 Å². The van der Waals surface area contributed by atoms with Crippen LogP contribution in [0.25, 0.3) is 11.4 Å². The molecule has 0 unspecified atom stereocenters. The van der Waals surface area contributed by atoms with Gasteiger partial charge in [0.25, 0.3) is 0 Å². The molecule has 0 fully saturated rings. The molecule has 6 nitrogen and oxygen atoms in total. The number of nitrogens with zero attached hydrogens (tertiary/aromatic N) is 3. The molecular formula is C12H14N4O2S. The van der Waals surface area contributed by atoms with Gasteiger partial charge in [-0.1, -0.05) is 6.07 Å². The average Bonchev–Trinajstić information content (AvgIpc) is 2.89. The Kier molecular flexibility index (Phi) is 4.56. The number of aliphatic hydroxyl groups is 1. The number of aromatic nitrogens is 2. The third-order valence-corrected chi connectivity index (χ3v) is 3.13. The lowest BCUT2D eigenvalue weighted by molar-refractivity contribution is -0.117. The van der Waals surface area contributed by atoms with E-state index in [4.69, 9.17) is 5.11 Å². The molecule has 0 spiro atoms. The highest BCUT2D eigenvalue weighted by Gasteiger charge is 2.15. The van der Waals surface area contributed by atoms with E-state index >= 15 is 0 Å². The first kappa shape index (κ1) is 13.6. The summed E-state index contributed by atoms with van der Waals surface area (Å²) < 4.78 is 0. The fourth-order valence-corrected chi connectivity index (χ4v) is 2.31. The molecule has 1 amide bonds. The Bertz CT molecular complexity index is 544. The number of thiazole rings is 1. The molecule has 0 saturated heterocycles. The number of rotatable bonds is 5. The van der Waals surface area contributed by atoms with Crippen LogP contribution >= 0.6 is 11.3 Å². The number of pyridine rings is 1. The number of hydrogen-bond donors (Lipinski definition) is 2. The minimum absolute atomic E-state index is 0.0533. The summed E-state index contributed by atoms with van der Waals surface area (Å²) in [5.41, 5.74) is 4.29. The van der Waals surface area contributed by atoms with E-state index in [0.717, 1.165) is 11.4 Å². The van der Waals surface area contributed by atoms with Gasteiger partial charge in [0.1, 0.15) is 5.69 Å². The van der Waals surface area contributed by atoms with E-state index in [2.05, 4.69) is 15.4 Å². The number of hydrogen-bond acceptors (Lipinski definition) is 6. The minimum Gasteiger partial charge on any atom is -0.395 e. The van der Waals surface area contributed by atoms with Crippen LogP contribution in [-0.4, -0.2) is 34.1 Å². The van der Waals surface area contributed by atoms with E-state index in [0.29, 0.717) is 5.13 Å². The molecule has 7 heteroatoms. The van der Waals surface area contributed by atoms with Gasteiger partial charge >= 0.3 is 0 Å². The molecule has 0 aliphatic rings. The zero-order valence-electron chi connectivity index (χ0n) is 10.4. The lowest BCUT2D eigenvalue weighted by Crippen LogP contribution is -2.43. The highest BCUT2D eigenvalue weighted by molar-refractivity contribution is 7.14. The summed E-state index contributed by atoms with van der Waals surface area (Å²) in [4.78, 5) is 20.1. The number of anilines is 1. The van der Waals surface area contributed by atoms with Crippen molar-refractivity contribution in [1.29, 1.82) is 0 Å². The van der Waals surface area contributed by atoms with Crippen LogP contribution in [0.5, 0.6) is 0 Å². The molecule has 2 aromatic rings. The van der Waals surface area contributed by atoms with Gasteiger partial charge in [0.05, 0.1) is 12.3 Å². The third kappa shape index (κ3) is 3.34. The number of carbonyl (C=O) groups is 1. The van der Waals surface area contributed by atoms with Crippen LogP contribution in [0.15, 0.2) is 29.8 Å². The zero-order chi connectivity index (χ0) is 13.7. The quantitative estimate of drug-likeness (QED) is 0.799. The van der Waals surface area contributed by atoms with Gasteiger partial charge in [0.15, 0.2) is 0 Å². The van der Waals surface area contributed by atoms with Crippen molar-refractivity contribution < 1.29 is 9.90 Å². The van der Waals surface area contributed by atoms with Crippen molar-refractivity contribution in [2.24, 2.45) is 0 Å². The van der Waals surface area contributed by atoms with Crippen molar-refractivity contribution in [2.75, 3.05) is 18.2 Å². The largest absolute Gasteiger partial charge is 0.395 e. The summed E-state index contributed by atoms with van der Waals surface area (Å²) >= 11 is 1.34. The van der Waals surface area contributed by atoms with E-state index < -0.39 is 0 Å². The van der Waals surface area contributed by atoms with Gasteiger partial charge in [-0.15, -0.1) is 11.3 Å². The van der Waals surface area contributed by atoms with Gasteiger partial charge in [0.2, 0.25) is 11.0 Å². The first-order valence-electron chi connectivity index (χ1n) is 5.74. The summed E-state index contributed by atoms with van der Waals surface area (Å²) in [5.74, 6) is -0.185. The van der Waals surface area contributed by atoms with Crippen LogP contribution in [0.3, 0.4) is 0 Å². The lowest BCUT2D eigenvalue weighted by atomic mass is 10.3. The van der Waals surface area contributed by atoms with Gasteiger partial charge in [-0.25, -0.2) is 15.4 Å². The van der Waals surface area contributed by atoms with Crippen molar-refractivity contribution in [1.82, 2.24) is 15.4 Å². The maximum Gasteiger partial charge on any atom is 0.240 e. The Morgan fingerprint density at radius 3 is 2.95 bits per heavy atom. The summed E-state index contributed by atoms with van der Waals surface area (Å²) in [6.07, 6.45) is 1.70. The second-order valence-corrected chi connectivity index (χ2v) is 4.55. The summed E-state index contributed by atoms with van der Waals surface area (Å²) in [7, 11) is 0. The zero-order valence-corrected chi connectivity index (χ0v) is 11.2. The molecular weight excluding hydrogens is 264 g/mol. The second kappa shape index (κ2) is 6.37. The van der Waals surface area contributed by atoms with Crippen LogP contribution in [0.2, 0.25) is 0 Å². The fraction of sp³-hybridized carbons (Fsp3) is 0.250. The number of carbonyl (C=O) groups excluding carboxylic acids is 1. The van der Waals surface area contributed by atoms with Crippen LogP contribution in [-0.2, 0) is 4.79 Å². The molecule has 2 N–H and O–H groups in total. The van der Waals surface area contributed by atoms with E-state index in [1.807, 2.05) is 23.6 Å². The van der Waals surface area contributed by atoms with E-state index in [1.54, 1.807) is 6.20 Å². The smallest absolute Gasteiger partial charge is 0.240 e. The molecule has 0 saturated carbocycles. The molecule has 2 rings (SSSR count). The van der Waals surface area contributed by atoms with Crippen molar-refractivity contribution in [3.8, 4) is 11.4 Å². The minimum atomic E-state index is -0.185. The molecule has 0 aliphatic carbocycles. The summed E-state index contributed by atoms with van der Waals surface area (Å²) in [6.45, 7) is 1.67. The highest BCUT2D eigenvalue weighted by Crippen LogP contribution is 2.25. The van der Waals surface area contributed by atoms with Gasteiger partial charge in [-0.3, -0.25) is 9.78 Å². The van der Waals surface area contributed by atoms with Crippen LogP contribution in [0.1, 0.15) is 6.92 Å². The average molecular weight is 278 g/mol. The Balaban J connectivity index is 2.21. The number of amides is 1. The third-order valence-electron chi connectivity index (χ3n) is 2.31. The van der Waals surface area contributed by atoms with Gasteiger partial charge in [-0.05, 0) is 12.1 Å². The van der Waals surface area contributed by atoms with E-state index in [1.165, 1.54) is 23.3 Å². The predicted octanol–water partition coefficient (Wildman–Crippen LogP) is 1.05. The summed E-state index contributed by atoms with van der Waals surface area (Å²) in [6, 6.07) is 5.58. The predicted molar refractivity (Wildman–Crippen MR) is 73.6 cm³/mol. The molecule has 2 aromatic heterocycles. The molecule has 0 bridgehead atoms. The monoisotopic (exact) mass is 278 g/mol. The van der Waals surface area contributed by atoms with Crippen molar-refractivity contribution in [3.05, 3.63) is 29.8 Å². The van der Waals surface area contributed by atoms with Crippen LogP contribution in [0.4, 0.5) is 5.13 Å². The van der Waals surface area contributed by atoms with E-state index in [9.17, 15) is 4.79 Å². The first-order valence-corrected chi connectivity index (χ1v) is 6.62. The highest BCUT2D eigenvalue weighted by atomic mass is 32.1. The SMILES string of the molecule is CC(=O)N(NCCO)c1nc(-c2ccccn2)cs1. The Morgan fingerprint density at radius 2 is 2.32 bits per heavy atom. The Morgan fingerprint density at radius 1 is 1.47 bits per heavy atom. The molecule has 2 heterocycles. The molecule has 0 aromatic carbocycles. The van der Waals surface area contributed by atoms with Crippen molar-refractivity contribution >= 4 is 22.4 Å². The van der Waals surface area contributed by atoms with Gasteiger partial charge < -0.3 is 5.11 Å². The normalized spacial score (nSPS) is 10.4. The van der Waals surface area contributed by atoms with Crippen LogP contribution in [0, 0.1) is 0 Å². The topological polar surface area (TPSA) is 78.4 Å². The van der Waals surface area contributed by atoms with Crippen molar-refractivity contribution in [3.63, 3.8) is 0 Å². The number of nitrogens with one attached hydrogen (secondary N) is 1. The molecule has 19 heavy (non-hydrogen) atoms. The maximum absolute atomic E-state index is 11.5. The standard InChI is InChI=1S/C12H14N4O2S/c1-9(18)16(14-6-7-17)12-15-11(8-19-12)10-4-2-3-5-13-10/h2-5,8,14,17H,6-7H2,1H3. The second-order valence-electron chi connectivity index (χ2n) is 3.72. The Hall–Kier alpha value is -1.83. The number of aliphatic hydroxyl groups excluding tert-OH is 1. The molecule has 0 atom stereocenters. The number of hydrazine groups is 1.